The molecule has 4 heteroatoms. The maximum absolute atomic E-state index is 4.70. The largest absolute Gasteiger partial charge is 0.333 e. The van der Waals surface area contributed by atoms with Gasteiger partial charge < -0.3 is 4.98 Å². The zero-order valence-corrected chi connectivity index (χ0v) is 12.8. The number of nitrogens with one attached hydrogen (secondary N) is 1. The summed E-state index contributed by atoms with van der Waals surface area (Å²) in [5, 5.41) is 1.41. The number of fused-ring (bicyclic) bond motifs is 2. The smallest absolute Gasteiger partial charge is 0.167 e. The molecule has 3 aromatic rings. The summed E-state index contributed by atoms with van der Waals surface area (Å²) in [6.07, 6.45) is 5.46. The Labute approximate surface area is 128 Å². The molecule has 0 radical (unpaired) electrons. The average Bonchev–Trinajstić information content (AvgIpc) is 2.89. The lowest BCUT2D eigenvalue weighted by molar-refractivity contribution is 0.654. The highest BCUT2D eigenvalue weighted by atomic mass is 32.2. The van der Waals surface area contributed by atoms with Gasteiger partial charge in [-0.25, -0.2) is 4.98 Å². The van der Waals surface area contributed by atoms with E-state index in [9.17, 15) is 0 Å². The number of hydrogen-bond donors (Lipinski definition) is 1. The van der Waals surface area contributed by atoms with E-state index < -0.39 is 0 Å². The van der Waals surface area contributed by atoms with Gasteiger partial charge in [0.2, 0.25) is 0 Å². The number of H-pyrrole nitrogens is 1. The van der Waals surface area contributed by atoms with Gasteiger partial charge in [-0.2, -0.15) is 0 Å². The molecule has 21 heavy (non-hydrogen) atoms. The van der Waals surface area contributed by atoms with Crippen molar-refractivity contribution in [3.8, 4) is 0 Å². The van der Waals surface area contributed by atoms with Crippen molar-refractivity contribution in [2.75, 3.05) is 0 Å². The number of nitrogens with zero attached hydrogens (tertiary/aromatic N) is 2. The van der Waals surface area contributed by atoms with Gasteiger partial charge in [0.1, 0.15) is 0 Å². The molecule has 0 bridgehead atoms. The molecule has 2 heterocycles. The summed E-state index contributed by atoms with van der Waals surface area (Å²) >= 11 is 1.81. The number of pyridine rings is 1. The molecule has 1 aromatic carbocycles. The van der Waals surface area contributed by atoms with E-state index in [-0.39, 0.29) is 0 Å². The van der Waals surface area contributed by atoms with Crippen molar-refractivity contribution in [1.82, 2.24) is 15.0 Å². The molecule has 106 valence electrons. The quantitative estimate of drug-likeness (QED) is 0.760. The Morgan fingerprint density at radius 2 is 2.24 bits per heavy atom. The van der Waals surface area contributed by atoms with E-state index in [0.717, 1.165) is 22.6 Å². The molecule has 3 nitrogen and oxygen atoms in total. The topological polar surface area (TPSA) is 41.6 Å². The molecule has 2 aromatic heterocycles. The Bertz CT molecular complexity index is 794. The molecule has 0 saturated carbocycles. The minimum absolute atomic E-state index is 0.414. The van der Waals surface area contributed by atoms with Gasteiger partial charge in [-0.05, 0) is 55.5 Å². The number of aromatic amines is 1. The fourth-order valence-electron chi connectivity index (χ4n) is 2.97. The van der Waals surface area contributed by atoms with E-state index in [1.54, 1.807) is 0 Å². The molecular weight excluding hydrogens is 278 g/mol. The number of benzene rings is 1. The SMILES string of the molecule is Cc1ccc2nc(SC3CCCc4cccnc43)[nH]c2c1. The van der Waals surface area contributed by atoms with Gasteiger partial charge in [-0.3, -0.25) is 4.98 Å². The average molecular weight is 295 g/mol. The first-order valence-electron chi connectivity index (χ1n) is 7.36. The fourth-order valence-corrected chi connectivity index (χ4v) is 4.17. The van der Waals surface area contributed by atoms with Crippen LogP contribution in [0.1, 0.15) is 34.9 Å². The number of imidazole rings is 1. The first kappa shape index (κ1) is 12.9. The summed E-state index contributed by atoms with van der Waals surface area (Å²) < 4.78 is 0. The van der Waals surface area contributed by atoms with Crippen LogP contribution in [0, 0.1) is 6.92 Å². The zero-order chi connectivity index (χ0) is 14.2. The van der Waals surface area contributed by atoms with Gasteiger partial charge in [-0.1, -0.05) is 23.9 Å². The molecule has 0 aliphatic heterocycles. The monoisotopic (exact) mass is 295 g/mol. The summed E-state index contributed by atoms with van der Waals surface area (Å²) in [5.41, 5.74) is 6.06. The van der Waals surface area contributed by atoms with Crippen molar-refractivity contribution in [1.29, 1.82) is 0 Å². The van der Waals surface area contributed by atoms with E-state index in [0.29, 0.717) is 5.25 Å². The first-order chi connectivity index (χ1) is 10.3. The van der Waals surface area contributed by atoms with Gasteiger partial charge in [0.15, 0.2) is 5.16 Å². The molecular formula is C17H17N3S. The fraction of sp³-hybridized carbons (Fsp3) is 0.294. The lowest BCUT2D eigenvalue weighted by Gasteiger charge is -2.22. The van der Waals surface area contributed by atoms with Crippen LogP contribution in [0.2, 0.25) is 0 Å². The van der Waals surface area contributed by atoms with Gasteiger partial charge in [0.05, 0.1) is 22.0 Å². The lowest BCUT2D eigenvalue weighted by Crippen LogP contribution is -2.09. The minimum atomic E-state index is 0.414. The van der Waals surface area contributed by atoms with Crippen LogP contribution >= 0.6 is 11.8 Å². The Hall–Kier alpha value is -1.81. The summed E-state index contributed by atoms with van der Waals surface area (Å²) in [5.74, 6) is 0. The number of aryl methyl sites for hydroxylation is 2. The highest BCUT2D eigenvalue weighted by Gasteiger charge is 2.23. The highest BCUT2D eigenvalue weighted by molar-refractivity contribution is 7.99. The van der Waals surface area contributed by atoms with E-state index >= 15 is 0 Å². The zero-order valence-electron chi connectivity index (χ0n) is 12.0. The Kier molecular flexibility index (Phi) is 3.19. The van der Waals surface area contributed by atoms with Crippen LogP contribution in [-0.4, -0.2) is 15.0 Å². The van der Waals surface area contributed by atoms with Crippen molar-refractivity contribution < 1.29 is 0 Å². The Morgan fingerprint density at radius 1 is 1.29 bits per heavy atom. The summed E-state index contributed by atoms with van der Waals surface area (Å²) in [6, 6.07) is 10.6. The predicted molar refractivity (Wildman–Crippen MR) is 86.6 cm³/mol. The third-order valence-electron chi connectivity index (χ3n) is 4.01. The van der Waals surface area contributed by atoms with Crippen LogP contribution < -0.4 is 0 Å². The van der Waals surface area contributed by atoms with Crippen molar-refractivity contribution in [2.45, 2.75) is 36.6 Å². The Balaban J connectivity index is 1.66. The lowest BCUT2D eigenvalue weighted by atomic mass is 9.96. The predicted octanol–water partition coefficient (Wildman–Crippen LogP) is 4.44. The van der Waals surface area contributed by atoms with Crippen molar-refractivity contribution in [3.05, 3.63) is 53.3 Å². The third kappa shape index (κ3) is 2.44. The van der Waals surface area contributed by atoms with Gasteiger partial charge >= 0.3 is 0 Å². The molecule has 0 amide bonds. The number of rotatable bonds is 2. The van der Waals surface area contributed by atoms with Gasteiger partial charge in [-0.15, -0.1) is 0 Å². The van der Waals surface area contributed by atoms with Gasteiger partial charge in [0.25, 0.3) is 0 Å². The van der Waals surface area contributed by atoms with Crippen LogP contribution in [0.3, 0.4) is 0 Å². The highest BCUT2D eigenvalue weighted by Crippen LogP contribution is 2.41. The summed E-state index contributed by atoms with van der Waals surface area (Å²) in [7, 11) is 0. The van der Waals surface area contributed by atoms with E-state index in [4.69, 9.17) is 4.98 Å². The molecule has 1 N–H and O–H groups in total. The Morgan fingerprint density at radius 3 is 3.19 bits per heavy atom. The summed E-state index contributed by atoms with van der Waals surface area (Å²) in [4.78, 5) is 12.7. The van der Waals surface area contributed by atoms with Crippen LogP contribution in [0.15, 0.2) is 41.7 Å². The standard InChI is InChI=1S/C17H17N3S/c1-11-7-8-13-14(10-11)20-17(19-13)21-15-6-2-4-12-5-3-9-18-16(12)15/h3,5,7-10,15H,2,4,6H2,1H3,(H,19,20). The molecule has 1 aliphatic rings. The minimum Gasteiger partial charge on any atom is -0.333 e. The second-order valence-corrected chi connectivity index (χ2v) is 6.80. The molecule has 1 atom stereocenters. The van der Waals surface area contributed by atoms with Crippen LogP contribution in [-0.2, 0) is 6.42 Å². The molecule has 0 saturated heterocycles. The van der Waals surface area contributed by atoms with Crippen molar-refractivity contribution in [3.63, 3.8) is 0 Å². The number of thioether (sulfide) groups is 1. The maximum Gasteiger partial charge on any atom is 0.167 e. The third-order valence-corrected chi connectivity index (χ3v) is 5.17. The van der Waals surface area contributed by atoms with Crippen molar-refractivity contribution >= 4 is 22.8 Å². The van der Waals surface area contributed by atoms with E-state index in [1.807, 2.05) is 24.0 Å². The molecule has 1 aliphatic carbocycles. The van der Waals surface area contributed by atoms with Crippen molar-refractivity contribution in [2.24, 2.45) is 0 Å². The second-order valence-electron chi connectivity index (χ2n) is 5.61. The maximum atomic E-state index is 4.70. The first-order valence-corrected chi connectivity index (χ1v) is 8.24. The number of aromatic nitrogens is 3. The molecule has 0 fully saturated rings. The van der Waals surface area contributed by atoms with E-state index in [1.165, 1.54) is 29.7 Å². The van der Waals surface area contributed by atoms with Crippen LogP contribution in [0.25, 0.3) is 11.0 Å². The normalized spacial score (nSPS) is 17.9. The molecule has 0 spiro atoms. The molecule has 1 unspecified atom stereocenters. The van der Waals surface area contributed by atoms with E-state index in [2.05, 4.69) is 41.2 Å². The number of hydrogen-bond acceptors (Lipinski definition) is 3. The molecule has 4 rings (SSSR count). The second kappa shape index (κ2) is 5.19. The van der Waals surface area contributed by atoms with Gasteiger partial charge in [0, 0.05) is 6.20 Å². The van der Waals surface area contributed by atoms with Crippen LogP contribution in [0.5, 0.6) is 0 Å². The van der Waals surface area contributed by atoms with Crippen LogP contribution in [0.4, 0.5) is 0 Å². The summed E-state index contributed by atoms with van der Waals surface area (Å²) in [6.45, 7) is 2.11.